The van der Waals surface area contributed by atoms with Crippen LogP contribution in [-0.4, -0.2) is 14.6 Å². The van der Waals surface area contributed by atoms with Crippen LogP contribution in [0.3, 0.4) is 0 Å². The van der Waals surface area contributed by atoms with Gasteiger partial charge in [0.2, 0.25) is 0 Å². The van der Waals surface area contributed by atoms with E-state index in [0.717, 1.165) is 12.8 Å². The Balaban J connectivity index is 2.00. The molecule has 0 aliphatic rings. The second kappa shape index (κ2) is 8.61. The molecule has 130 valence electrons. The van der Waals surface area contributed by atoms with Crippen LogP contribution >= 0.6 is 0 Å². The Kier molecular flexibility index (Phi) is 6.78. The standard InChI is InChI=1S/C21H30O2Si/c1-17-11-14-20(15-12-17)18(2)22-21(23-24(3,4)5)16-13-19-9-7-6-8-10-19/h6-12,14-15,18,21H,13,16H2,1-5H3/t18-,21?/m1/s1. The topological polar surface area (TPSA) is 18.5 Å². The molecule has 0 heterocycles. The Bertz CT molecular complexity index is 602. The van der Waals surface area contributed by atoms with E-state index in [-0.39, 0.29) is 12.4 Å². The van der Waals surface area contributed by atoms with E-state index in [1.165, 1.54) is 16.7 Å². The van der Waals surface area contributed by atoms with Gasteiger partial charge in [-0.1, -0.05) is 60.2 Å². The smallest absolute Gasteiger partial charge is 0.187 e. The highest BCUT2D eigenvalue weighted by Gasteiger charge is 2.23. The second-order valence-corrected chi connectivity index (χ2v) is 11.8. The molecular formula is C21H30O2Si. The van der Waals surface area contributed by atoms with Crippen LogP contribution in [0.4, 0.5) is 0 Å². The van der Waals surface area contributed by atoms with Gasteiger partial charge in [-0.05, 0) is 51.0 Å². The molecule has 2 rings (SSSR count). The van der Waals surface area contributed by atoms with Crippen LogP contribution in [0.2, 0.25) is 19.6 Å². The number of hydrogen-bond donors (Lipinski definition) is 0. The van der Waals surface area contributed by atoms with Crippen molar-refractivity contribution in [3.8, 4) is 0 Å². The van der Waals surface area contributed by atoms with Crippen LogP contribution in [0.1, 0.15) is 36.1 Å². The molecule has 0 amide bonds. The summed E-state index contributed by atoms with van der Waals surface area (Å²) >= 11 is 0. The van der Waals surface area contributed by atoms with Gasteiger partial charge in [0.15, 0.2) is 8.32 Å². The van der Waals surface area contributed by atoms with Crippen LogP contribution in [0.5, 0.6) is 0 Å². The molecule has 0 saturated carbocycles. The highest BCUT2D eigenvalue weighted by atomic mass is 28.4. The lowest BCUT2D eigenvalue weighted by atomic mass is 10.1. The predicted molar refractivity (Wildman–Crippen MR) is 104 cm³/mol. The maximum Gasteiger partial charge on any atom is 0.187 e. The number of hydrogen-bond acceptors (Lipinski definition) is 2. The summed E-state index contributed by atoms with van der Waals surface area (Å²) in [6.07, 6.45) is 1.72. The highest BCUT2D eigenvalue weighted by molar-refractivity contribution is 6.69. The average Bonchev–Trinajstić information content (AvgIpc) is 2.53. The normalized spacial score (nSPS) is 14.4. The number of rotatable bonds is 8. The minimum atomic E-state index is -1.66. The Hall–Kier alpha value is -1.42. The monoisotopic (exact) mass is 342 g/mol. The fourth-order valence-electron chi connectivity index (χ4n) is 2.62. The van der Waals surface area contributed by atoms with Gasteiger partial charge in [-0.3, -0.25) is 0 Å². The van der Waals surface area contributed by atoms with E-state index in [9.17, 15) is 0 Å². The largest absolute Gasteiger partial charge is 0.393 e. The highest BCUT2D eigenvalue weighted by Crippen LogP contribution is 2.23. The van der Waals surface area contributed by atoms with Crippen molar-refractivity contribution in [2.45, 2.75) is 58.7 Å². The molecule has 0 saturated heterocycles. The summed E-state index contributed by atoms with van der Waals surface area (Å²) in [5.41, 5.74) is 3.79. The molecule has 0 bridgehead atoms. The van der Waals surface area contributed by atoms with Gasteiger partial charge in [0.1, 0.15) is 6.29 Å². The SMILES string of the molecule is Cc1ccc([C@@H](C)OC(CCc2ccccc2)O[Si](C)(C)C)cc1. The molecule has 0 N–H and O–H groups in total. The summed E-state index contributed by atoms with van der Waals surface area (Å²) in [5, 5.41) is 0. The van der Waals surface area contributed by atoms with Crippen LogP contribution in [-0.2, 0) is 15.6 Å². The van der Waals surface area contributed by atoms with Crippen molar-refractivity contribution in [3.05, 3.63) is 71.3 Å². The molecule has 2 nitrogen and oxygen atoms in total. The molecule has 0 radical (unpaired) electrons. The Morgan fingerprint density at radius 3 is 2.12 bits per heavy atom. The van der Waals surface area contributed by atoms with Crippen molar-refractivity contribution in [2.75, 3.05) is 0 Å². The lowest BCUT2D eigenvalue weighted by molar-refractivity contribution is -0.123. The maximum atomic E-state index is 6.29. The summed E-state index contributed by atoms with van der Waals surface area (Å²) in [4.78, 5) is 0. The minimum absolute atomic E-state index is 0.0303. The summed E-state index contributed by atoms with van der Waals surface area (Å²) in [6, 6.07) is 19.1. The van der Waals surface area contributed by atoms with E-state index in [0.29, 0.717) is 0 Å². The van der Waals surface area contributed by atoms with E-state index in [1.54, 1.807) is 0 Å². The van der Waals surface area contributed by atoms with Crippen LogP contribution < -0.4 is 0 Å². The molecule has 3 heteroatoms. The second-order valence-electron chi connectivity index (χ2n) is 7.37. The number of benzene rings is 2. The van der Waals surface area contributed by atoms with Crippen molar-refractivity contribution >= 4 is 8.32 Å². The van der Waals surface area contributed by atoms with Crippen molar-refractivity contribution in [1.29, 1.82) is 0 Å². The fourth-order valence-corrected chi connectivity index (χ4v) is 3.58. The van der Waals surface area contributed by atoms with Gasteiger partial charge < -0.3 is 9.16 Å². The number of ether oxygens (including phenoxy) is 1. The third-order valence-electron chi connectivity index (χ3n) is 3.90. The lowest BCUT2D eigenvalue weighted by Crippen LogP contribution is -2.34. The molecule has 0 aliphatic carbocycles. The Morgan fingerprint density at radius 2 is 1.54 bits per heavy atom. The third-order valence-corrected chi connectivity index (χ3v) is 4.87. The van der Waals surface area contributed by atoms with Crippen LogP contribution in [0, 0.1) is 6.92 Å². The van der Waals surface area contributed by atoms with Crippen LogP contribution in [0.25, 0.3) is 0 Å². The minimum Gasteiger partial charge on any atom is -0.393 e. The predicted octanol–water partition coefficient (Wildman–Crippen LogP) is 5.88. The molecule has 2 atom stereocenters. The Morgan fingerprint density at radius 1 is 0.917 bits per heavy atom. The summed E-state index contributed by atoms with van der Waals surface area (Å²) in [5.74, 6) is 0. The van der Waals surface area contributed by atoms with Gasteiger partial charge in [-0.25, -0.2) is 0 Å². The first-order valence-electron chi connectivity index (χ1n) is 8.77. The van der Waals surface area contributed by atoms with Crippen LogP contribution in [0.15, 0.2) is 54.6 Å². The van der Waals surface area contributed by atoms with Crippen molar-refractivity contribution in [3.63, 3.8) is 0 Å². The summed E-state index contributed by atoms with van der Waals surface area (Å²) in [7, 11) is -1.66. The molecule has 2 aromatic rings. The zero-order valence-corrected chi connectivity index (χ0v) is 16.6. The first-order chi connectivity index (χ1) is 11.3. The molecule has 0 aliphatic heterocycles. The van der Waals surface area contributed by atoms with Gasteiger partial charge in [0.05, 0.1) is 6.10 Å². The molecule has 1 unspecified atom stereocenters. The molecule has 0 fully saturated rings. The van der Waals surface area contributed by atoms with Gasteiger partial charge in [-0.2, -0.15) is 0 Å². The maximum absolute atomic E-state index is 6.29. The van der Waals surface area contributed by atoms with Gasteiger partial charge in [0.25, 0.3) is 0 Å². The quantitative estimate of drug-likeness (QED) is 0.440. The molecule has 0 spiro atoms. The fraction of sp³-hybridized carbons (Fsp3) is 0.429. The summed E-state index contributed by atoms with van der Waals surface area (Å²) < 4.78 is 12.6. The molecule has 0 aromatic heterocycles. The van der Waals surface area contributed by atoms with Crippen molar-refractivity contribution < 1.29 is 9.16 Å². The van der Waals surface area contributed by atoms with E-state index in [2.05, 4.69) is 88.1 Å². The van der Waals surface area contributed by atoms with Gasteiger partial charge in [0, 0.05) is 6.42 Å². The van der Waals surface area contributed by atoms with E-state index >= 15 is 0 Å². The van der Waals surface area contributed by atoms with E-state index < -0.39 is 8.32 Å². The Labute approximate surface area is 148 Å². The van der Waals surface area contributed by atoms with Crippen molar-refractivity contribution in [1.82, 2.24) is 0 Å². The van der Waals surface area contributed by atoms with Gasteiger partial charge in [-0.15, -0.1) is 0 Å². The molecule has 2 aromatic carbocycles. The average molecular weight is 343 g/mol. The zero-order valence-electron chi connectivity index (χ0n) is 15.6. The molecular weight excluding hydrogens is 312 g/mol. The van der Waals surface area contributed by atoms with Crippen molar-refractivity contribution in [2.24, 2.45) is 0 Å². The van der Waals surface area contributed by atoms with E-state index in [4.69, 9.17) is 9.16 Å². The summed E-state index contributed by atoms with van der Waals surface area (Å²) in [6.45, 7) is 10.8. The lowest BCUT2D eigenvalue weighted by Gasteiger charge is -2.29. The molecule has 24 heavy (non-hydrogen) atoms. The van der Waals surface area contributed by atoms with Gasteiger partial charge >= 0.3 is 0 Å². The third kappa shape index (κ3) is 6.60. The first kappa shape index (κ1) is 18.9. The zero-order chi connectivity index (χ0) is 17.6. The first-order valence-corrected chi connectivity index (χ1v) is 12.2. The number of aryl methyl sites for hydroxylation is 2. The van der Waals surface area contributed by atoms with E-state index in [1.807, 2.05) is 0 Å².